The molecule has 0 radical (unpaired) electrons. The van der Waals surface area contributed by atoms with Gasteiger partial charge in [0.25, 0.3) is 0 Å². The number of carbonyl (C=O) groups excluding carboxylic acids is 2. The van der Waals surface area contributed by atoms with E-state index in [2.05, 4.69) is 22.3 Å². The van der Waals surface area contributed by atoms with E-state index in [-0.39, 0.29) is 23.7 Å². The molecule has 3 fully saturated rings. The summed E-state index contributed by atoms with van der Waals surface area (Å²) in [6.07, 6.45) is 9.16. The molecule has 2 aliphatic heterocycles. The van der Waals surface area contributed by atoms with E-state index in [9.17, 15) is 9.59 Å². The second-order valence-electron chi connectivity index (χ2n) is 8.27. The molecule has 2 unspecified atom stereocenters. The molecule has 4 rings (SSSR count). The Hall–Kier alpha value is -2.04. The molecule has 1 saturated carbocycles. The Morgan fingerprint density at radius 3 is 2.04 bits per heavy atom. The fourth-order valence-corrected chi connectivity index (χ4v) is 4.43. The van der Waals surface area contributed by atoms with Crippen molar-refractivity contribution >= 4 is 23.2 Å². The maximum atomic E-state index is 12.6. The lowest BCUT2D eigenvalue weighted by atomic mass is 10.1. The van der Waals surface area contributed by atoms with Crippen molar-refractivity contribution in [3.63, 3.8) is 0 Å². The lowest BCUT2D eigenvalue weighted by Crippen LogP contribution is -2.34. The summed E-state index contributed by atoms with van der Waals surface area (Å²) in [6.45, 7) is 3.96. The number of benzene rings is 1. The molecule has 1 aromatic rings. The number of likely N-dealkylation sites (tertiary alicyclic amines) is 1. The normalized spacial score (nSPS) is 25.6. The van der Waals surface area contributed by atoms with E-state index in [0.717, 1.165) is 44.7 Å². The van der Waals surface area contributed by atoms with Crippen LogP contribution in [-0.2, 0) is 9.59 Å². The van der Waals surface area contributed by atoms with Gasteiger partial charge in [0, 0.05) is 37.6 Å². The third-order valence-electron chi connectivity index (χ3n) is 6.22. The Bertz CT molecular complexity index is 659. The number of piperidine rings is 1. The van der Waals surface area contributed by atoms with Crippen LogP contribution in [0.15, 0.2) is 24.3 Å². The predicted octanol–water partition coefficient (Wildman–Crippen LogP) is 3.65. The standard InChI is InChI=1S/C22H31N3O2/c26-21(19-16-20(19)22(27)25-14-4-1-2-5-15-25)23-17-8-10-18(11-9-17)24-12-6-3-7-13-24/h8-11,19-20H,1-7,12-16H2,(H,23,26). The van der Waals surface area contributed by atoms with Crippen molar-refractivity contribution in [3.05, 3.63) is 24.3 Å². The quantitative estimate of drug-likeness (QED) is 0.881. The summed E-state index contributed by atoms with van der Waals surface area (Å²) < 4.78 is 0. The monoisotopic (exact) mass is 369 g/mol. The van der Waals surface area contributed by atoms with E-state index >= 15 is 0 Å². The zero-order valence-electron chi connectivity index (χ0n) is 16.2. The number of rotatable bonds is 4. The largest absolute Gasteiger partial charge is 0.372 e. The molecular weight excluding hydrogens is 338 g/mol. The Balaban J connectivity index is 1.28. The van der Waals surface area contributed by atoms with Gasteiger partial charge in [-0.2, -0.15) is 0 Å². The van der Waals surface area contributed by atoms with Crippen LogP contribution in [0.5, 0.6) is 0 Å². The highest BCUT2D eigenvalue weighted by Crippen LogP contribution is 2.41. The summed E-state index contributed by atoms with van der Waals surface area (Å²) in [7, 11) is 0. The van der Waals surface area contributed by atoms with Crippen LogP contribution < -0.4 is 10.2 Å². The number of nitrogens with zero attached hydrogens (tertiary/aromatic N) is 2. The number of hydrogen-bond acceptors (Lipinski definition) is 3. The maximum absolute atomic E-state index is 12.6. The summed E-state index contributed by atoms with van der Waals surface area (Å²) in [5.74, 6) is -0.0651. The Labute approximate surface area is 162 Å². The van der Waals surface area contributed by atoms with Crippen LogP contribution in [0.3, 0.4) is 0 Å². The van der Waals surface area contributed by atoms with Gasteiger partial charge < -0.3 is 15.1 Å². The van der Waals surface area contributed by atoms with Crippen LogP contribution in [0.25, 0.3) is 0 Å². The number of carbonyl (C=O) groups is 2. The van der Waals surface area contributed by atoms with Crippen LogP contribution in [0.2, 0.25) is 0 Å². The van der Waals surface area contributed by atoms with E-state index in [1.807, 2.05) is 17.0 Å². The van der Waals surface area contributed by atoms with Crippen LogP contribution in [-0.4, -0.2) is 42.9 Å². The highest BCUT2D eigenvalue weighted by atomic mass is 16.2. The van der Waals surface area contributed by atoms with Crippen LogP contribution >= 0.6 is 0 Å². The zero-order valence-corrected chi connectivity index (χ0v) is 16.2. The van der Waals surface area contributed by atoms with Crippen molar-refractivity contribution in [2.24, 2.45) is 11.8 Å². The molecule has 5 heteroatoms. The second kappa shape index (κ2) is 8.32. The minimum absolute atomic E-state index is 0.00565. The molecule has 2 heterocycles. The number of hydrogen-bond donors (Lipinski definition) is 1. The molecule has 1 aliphatic carbocycles. The van der Waals surface area contributed by atoms with Gasteiger partial charge in [-0.1, -0.05) is 12.8 Å². The second-order valence-corrected chi connectivity index (χ2v) is 8.27. The van der Waals surface area contributed by atoms with Crippen molar-refractivity contribution in [2.75, 3.05) is 36.4 Å². The molecule has 0 spiro atoms. The number of anilines is 2. The van der Waals surface area contributed by atoms with Gasteiger partial charge >= 0.3 is 0 Å². The van der Waals surface area contributed by atoms with Gasteiger partial charge in [0.05, 0.1) is 11.8 Å². The van der Waals surface area contributed by atoms with E-state index in [4.69, 9.17) is 0 Å². The van der Waals surface area contributed by atoms with Gasteiger partial charge in [0.15, 0.2) is 0 Å². The maximum Gasteiger partial charge on any atom is 0.228 e. The first-order valence-corrected chi connectivity index (χ1v) is 10.7. The lowest BCUT2D eigenvalue weighted by molar-refractivity contribution is -0.134. The molecule has 146 valence electrons. The highest BCUT2D eigenvalue weighted by Gasteiger charge is 2.49. The summed E-state index contributed by atoms with van der Waals surface area (Å²) in [6, 6.07) is 8.15. The number of amides is 2. The lowest BCUT2D eigenvalue weighted by Gasteiger charge is -2.28. The van der Waals surface area contributed by atoms with Crippen LogP contribution in [0, 0.1) is 11.8 Å². The van der Waals surface area contributed by atoms with Gasteiger partial charge in [-0.3, -0.25) is 9.59 Å². The molecule has 0 aromatic heterocycles. The van der Waals surface area contributed by atoms with Crippen LogP contribution in [0.4, 0.5) is 11.4 Å². The minimum atomic E-state index is -0.150. The summed E-state index contributed by atoms with van der Waals surface area (Å²) >= 11 is 0. The first kappa shape index (κ1) is 18.3. The van der Waals surface area contributed by atoms with Gasteiger partial charge in [-0.05, 0) is 62.8 Å². The average molecular weight is 370 g/mol. The van der Waals surface area contributed by atoms with Gasteiger partial charge in [-0.25, -0.2) is 0 Å². The van der Waals surface area contributed by atoms with E-state index < -0.39 is 0 Å². The SMILES string of the molecule is O=C(Nc1ccc(N2CCCCC2)cc1)C1CC1C(=O)N1CCCCCC1. The van der Waals surface area contributed by atoms with Gasteiger partial charge in [0.1, 0.15) is 0 Å². The first-order valence-electron chi connectivity index (χ1n) is 10.7. The Kier molecular flexibility index (Phi) is 5.65. The number of nitrogens with one attached hydrogen (secondary N) is 1. The van der Waals surface area contributed by atoms with Crippen molar-refractivity contribution in [3.8, 4) is 0 Å². The first-order chi connectivity index (χ1) is 13.2. The highest BCUT2D eigenvalue weighted by molar-refractivity contribution is 5.99. The molecule has 3 aliphatic rings. The molecule has 5 nitrogen and oxygen atoms in total. The molecule has 0 bridgehead atoms. The molecular formula is C22H31N3O2. The summed E-state index contributed by atoms with van der Waals surface area (Å²) in [5.41, 5.74) is 2.06. The topological polar surface area (TPSA) is 52.7 Å². The predicted molar refractivity (Wildman–Crippen MR) is 108 cm³/mol. The third kappa shape index (κ3) is 4.45. The molecule has 2 amide bonds. The molecule has 1 aromatic carbocycles. The van der Waals surface area contributed by atoms with Gasteiger partial charge in [-0.15, -0.1) is 0 Å². The van der Waals surface area contributed by atoms with Crippen molar-refractivity contribution in [1.29, 1.82) is 0 Å². The Morgan fingerprint density at radius 2 is 1.37 bits per heavy atom. The molecule has 2 atom stereocenters. The molecule has 1 N–H and O–H groups in total. The zero-order chi connectivity index (χ0) is 18.6. The third-order valence-corrected chi connectivity index (χ3v) is 6.22. The van der Waals surface area contributed by atoms with Gasteiger partial charge in [0.2, 0.25) is 11.8 Å². The summed E-state index contributed by atoms with van der Waals surface area (Å²) in [5, 5.41) is 3.01. The Morgan fingerprint density at radius 1 is 0.778 bits per heavy atom. The van der Waals surface area contributed by atoms with Crippen molar-refractivity contribution < 1.29 is 9.59 Å². The van der Waals surface area contributed by atoms with E-state index in [0.29, 0.717) is 6.42 Å². The molecule has 27 heavy (non-hydrogen) atoms. The minimum Gasteiger partial charge on any atom is -0.372 e. The van der Waals surface area contributed by atoms with Crippen molar-refractivity contribution in [1.82, 2.24) is 4.90 Å². The van der Waals surface area contributed by atoms with E-state index in [1.54, 1.807) is 0 Å². The smallest absolute Gasteiger partial charge is 0.228 e. The molecule has 2 saturated heterocycles. The average Bonchev–Trinajstić information content (AvgIpc) is 3.53. The summed E-state index contributed by atoms with van der Waals surface area (Å²) in [4.78, 5) is 29.6. The van der Waals surface area contributed by atoms with Crippen LogP contribution in [0.1, 0.15) is 51.4 Å². The van der Waals surface area contributed by atoms with Crippen molar-refractivity contribution in [2.45, 2.75) is 51.4 Å². The fraction of sp³-hybridized carbons (Fsp3) is 0.636. The van der Waals surface area contributed by atoms with E-state index in [1.165, 1.54) is 37.8 Å². The fourth-order valence-electron chi connectivity index (χ4n) is 4.43.